The number of benzene rings is 3. The van der Waals surface area contributed by atoms with E-state index in [-0.39, 0.29) is 29.9 Å². The molecular formula is C29H27F3O2. The average molecular weight is 465 g/mol. The molecule has 2 fully saturated rings. The Balaban J connectivity index is 1.26. The fourth-order valence-corrected chi connectivity index (χ4v) is 4.79. The summed E-state index contributed by atoms with van der Waals surface area (Å²) in [6, 6.07) is 15.2. The van der Waals surface area contributed by atoms with Gasteiger partial charge in [0.2, 0.25) is 0 Å². The van der Waals surface area contributed by atoms with Gasteiger partial charge in [-0.1, -0.05) is 48.5 Å². The maximum atomic E-state index is 15.0. The predicted octanol–water partition coefficient (Wildman–Crippen LogP) is 7.88. The van der Waals surface area contributed by atoms with Crippen LogP contribution in [0.5, 0.6) is 5.75 Å². The second kappa shape index (κ2) is 9.67. The highest BCUT2D eigenvalue weighted by molar-refractivity contribution is 5.65. The zero-order valence-corrected chi connectivity index (χ0v) is 18.9. The molecule has 2 aliphatic rings. The highest BCUT2D eigenvalue weighted by Crippen LogP contribution is 2.39. The van der Waals surface area contributed by atoms with Crippen LogP contribution in [0.2, 0.25) is 0 Å². The second-order valence-electron chi connectivity index (χ2n) is 9.18. The van der Waals surface area contributed by atoms with Crippen molar-refractivity contribution in [3.8, 4) is 16.9 Å². The summed E-state index contributed by atoms with van der Waals surface area (Å²) in [5, 5.41) is 0. The van der Waals surface area contributed by atoms with Gasteiger partial charge in [-0.25, -0.2) is 13.2 Å². The third kappa shape index (κ3) is 4.76. The normalized spacial score (nSPS) is 21.8. The molecule has 0 aromatic heterocycles. The molecule has 1 atom stereocenters. The van der Waals surface area contributed by atoms with Crippen molar-refractivity contribution in [3.63, 3.8) is 0 Å². The van der Waals surface area contributed by atoms with E-state index in [1.165, 1.54) is 6.07 Å². The third-order valence-corrected chi connectivity index (χ3v) is 6.98. The van der Waals surface area contributed by atoms with Crippen molar-refractivity contribution in [2.45, 2.75) is 44.3 Å². The quantitative estimate of drug-likeness (QED) is 0.262. The Morgan fingerprint density at radius 3 is 2.29 bits per heavy atom. The summed E-state index contributed by atoms with van der Waals surface area (Å²) in [5.74, 6) is -1.30. The van der Waals surface area contributed by atoms with E-state index in [0.29, 0.717) is 23.7 Å². The lowest BCUT2D eigenvalue weighted by Gasteiger charge is -2.27. The van der Waals surface area contributed by atoms with Crippen LogP contribution < -0.4 is 4.74 Å². The van der Waals surface area contributed by atoms with E-state index in [4.69, 9.17) is 9.47 Å². The zero-order valence-electron chi connectivity index (χ0n) is 18.9. The summed E-state index contributed by atoms with van der Waals surface area (Å²) >= 11 is 0. The molecule has 176 valence electrons. The van der Waals surface area contributed by atoms with Gasteiger partial charge in [0.1, 0.15) is 12.7 Å². The Bertz CT molecular complexity index is 1180. The van der Waals surface area contributed by atoms with Crippen molar-refractivity contribution >= 4 is 0 Å². The van der Waals surface area contributed by atoms with Crippen molar-refractivity contribution in [3.05, 3.63) is 101 Å². The van der Waals surface area contributed by atoms with Crippen molar-refractivity contribution in [1.82, 2.24) is 0 Å². The van der Waals surface area contributed by atoms with Crippen molar-refractivity contribution in [2.75, 3.05) is 6.61 Å². The summed E-state index contributed by atoms with van der Waals surface area (Å²) in [5.41, 5.74) is 2.89. The molecule has 5 heteroatoms. The van der Waals surface area contributed by atoms with Crippen molar-refractivity contribution in [1.29, 1.82) is 0 Å². The first-order valence-electron chi connectivity index (χ1n) is 11.8. The standard InChI is InChI=1S/C29H27F3O2/c1-2-18-3-7-20(8-4-18)23-12-13-24(29(32)28(23)31)21-9-5-19(6-10-21)16-33-26-14-11-22(15-25(26)30)27-17-34-27/h2,5-6,9-15,18,20,27H,1,3-4,7-8,16-17H2. The van der Waals surface area contributed by atoms with Gasteiger partial charge in [-0.15, -0.1) is 6.58 Å². The minimum absolute atomic E-state index is 0.0114. The number of hydrogen-bond acceptors (Lipinski definition) is 2. The van der Waals surface area contributed by atoms with Crippen LogP contribution in [-0.4, -0.2) is 6.61 Å². The molecule has 1 saturated heterocycles. The first kappa shape index (κ1) is 22.7. The van der Waals surface area contributed by atoms with Crippen LogP contribution in [0.4, 0.5) is 13.2 Å². The Morgan fingerprint density at radius 1 is 0.912 bits per heavy atom. The number of rotatable bonds is 7. The van der Waals surface area contributed by atoms with Crippen LogP contribution in [0.25, 0.3) is 11.1 Å². The largest absolute Gasteiger partial charge is 0.486 e. The van der Waals surface area contributed by atoms with E-state index < -0.39 is 17.5 Å². The van der Waals surface area contributed by atoms with Crippen LogP contribution in [0.1, 0.15) is 54.4 Å². The van der Waals surface area contributed by atoms with E-state index in [0.717, 1.165) is 36.8 Å². The first-order valence-corrected chi connectivity index (χ1v) is 11.8. The molecule has 1 saturated carbocycles. The molecule has 0 amide bonds. The van der Waals surface area contributed by atoms with Gasteiger partial charge in [-0.2, -0.15) is 0 Å². The fraction of sp³-hybridized carbons (Fsp3) is 0.310. The molecule has 0 bridgehead atoms. The summed E-state index contributed by atoms with van der Waals surface area (Å²) in [6.45, 7) is 4.63. The monoisotopic (exact) mass is 464 g/mol. The average Bonchev–Trinajstić information content (AvgIpc) is 3.71. The van der Waals surface area contributed by atoms with E-state index in [1.54, 1.807) is 48.5 Å². The van der Waals surface area contributed by atoms with Gasteiger partial charge in [0.05, 0.1) is 6.61 Å². The summed E-state index contributed by atoms with van der Waals surface area (Å²) in [4.78, 5) is 0. The molecule has 0 radical (unpaired) electrons. The van der Waals surface area contributed by atoms with E-state index >= 15 is 0 Å². The molecule has 34 heavy (non-hydrogen) atoms. The molecule has 1 aliphatic carbocycles. The van der Waals surface area contributed by atoms with Crippen LogP contribution >= 0.6 is 0 Å². The van der Waals surface area contributed by atoms with Crippen LogP contribution in [0.15, 0.2) is 67.3 Å². The summed E-state index contributed by atoms with van der Waals surface area (Å²) < 4.78 is 55.0. The number of hydrogen-bond donors (Lipinski definition) is 0. The molecular weight excluding hydrogens is 437 g/mol. The molecule has 3 aromatic rings. The second-order valence-corrected chi connectivity index (χ2v) is 9.18. The molecule has 3 aromatic carbocycles. The maximum Gasteiger partial charge on any atom is 0.166 e. The van der Waals surface area contributed by atoms with Gasteiger partial charge in [-0.3, -0.25) is 0 Å². The lowest BCUT2D eigenvalue weighted by molar-refractivity contribution is 0.290. The Hall–Kier alpha value is -3.05. The van der Waals surface area contributed by atoms with Gasteiger partial charge in [0.25, 0.3) is 0 Å². The zero-order chi connectivity index (χ0) is 23.7. The molecule has 1 aliphatic heterocycles. The van der Waals surface area contributed by atoms with Crippen LogP contribution in [0, 0.1) is 23.4 Å². The fourth-order valence-electron chi connectivity index (χ4n) is 4.79. The Morgan fingerprint density at radius 2 is 1.65 bits per heavy atom. The summed E-state index contributed by atoms with van der Waals surface area (Å²) in [6.07, 6.45) is 5.56. The number of halogens is 3. The van der Waals surface area contributed by atoms with Gasteiger partial charge in [0, 0.05) is 5.56 Å². The number of ether oxygens (including phenoxy) is 2. The molecule has 1 unspecified atom stereocenters. The highest BCUT2D eigenvalue weighted by Gasteiger charge is 2.26. The van der Waals surface area contributed by atoms with E-state index in [1.807, 2.05) is 6.08 Å². The molecule has 0 N–H and O–H groups in total. The van der Waals surface area contributed by atoms with Crippen LogP contribution in [-0.2, 0) is 11.3 Å². The van der Waals surface area contributed by atoms with Gasteiger partial charge < -0.3 is 9.47 Å². The summed E-state index contributed by atoms with van der Waals surface area (Å²) in [7, 11) is 0. The SMILES string of the molecule is C=CC1CCC(c2ccc(-c3ccc(COc4ccc(C5CO5)cc4F)cc3)c(F)c2F)CC1. The number of allylic oxidation sites excluding steroid dienone is 1. The predicted molar refractivity (Wildman–Crippen MR) is 126 cm³/mol. The highest BCUT2D eigenvalue weighted by atomic mass is 19.2. The lowest BCUT2D eigenvalue weighted by atomic mass is 9.78. The minimum Gasteiger partial charge on any atom is -0.486 e. The molecule has 0 spiro atoms. The first-order chi connectivity index (χ1) is 16.5. The van der Waals surface area contributed by atoms with Gasteiger partial charge in [0.15, 0.2) is 23.2 Å². The maximum absolute atomic E-state index is 15.0. The minimum atomic E-state index is -0.811. The Kier molecular flexibility index (Phi) is 6.46. The molecule has 5 rings (SSSR count). The molecule has 2 nitrogen and oxygen atoms in total. The topological polar surface area (TPSA) is 21.8 Å². The van der Waals surface area contributed by atoms with Crippen molar-refractivity contribution in [2.24, 2.45) is 5.92 Å². The Labute approximate surface area is 198 Å². The van der Waals surface area contributed by atoms with Gasteiger partial charge >= 0.3 is 0 Å². The van der Waals surface area contributed by atoms with Gasteiger partial charge in [-0.05, 0) is 71.9 Å². The number of epoxide rings is 1. The lowest BCUT2D eigenvalue weighted by Crippen LogP contribution is -2.13. The van der Waals surface area contributed by atoms with Crippen molar-refractivity contribution < 1.29 is 22.6 Å². The van der Waals surface area contributed by atoms with E-state index in [2.05, 4.69) is 6.58 Å². The molecule has 1 heterocycles. The van der Waals surface area contributed by atoms with Crippen LogP contribution in [0.3, 0.4) is 0 Å². The van der Waals surface area contributed by atoms with E-state index in [9.17, 15) is 13.2 Å². The smallest absolute Gasteiger partial charge is 0.166 e. The third-order valence-electron chi connectivity index (χ3n) is 6.98.